The van der Waals surface area contributed by atoms with Gasteiger partial charge in [-0.15, -0.1) is 0 Å². The number of carbonyl (C=O) groups excluding carboxylic acids is 1. The molecule has 0 aromatic heterocycles. The number of ketones is 1. The molecule has 0 aliphatic rings. The zero-order valence-corrected chi connectivity index (χ0v) is 23.7. The Morgan fingerprint density at radius 3 is 1.78 bits per heavy atom. The van der Waals surface area contributed by atoms with E-state index in [-0.39, 0.29) is 35.9 Å². The number of hydrogen-bond donors (Lipinski definition) is 0. The summed E-state index contributed by atoms with van der Waals surface area (Å²) >= 11 is 3.29. The number of alkyl halides is 1. The molecule has 0 amide bonds. The van der Waals surface area contributed by atoms with Crippen LogP contribution in [0.5, 0.6) is 11.5 Å². The zero-order valence-electron chi connectivity index (χ0n) is 21.3. The first-order valence-electron chi connectivity index (χ1n) is 12.2. The Kier molecular flexibility index (Phi) is 11.2. The van der Waals surface area contributed by atoms with Crippen LogP contribution in [0.4, 0.5) is 0 Å². The van der Waals surface area contributed by atoms with E-state index in [1.54, 1.807) is 14.2 Å². The van der Waals surface area contributed by atoms with Crippen molar-refractivity contribution in [1.29, 1.82) is 0 Å². The number of methoxy groups -OCH3 is 2. The maximum atomic E-state index is 13.5. The Morgan fingerprint density at radius 2 is 1.32 bits per heavy atom. The lowest BCUT2D eigenvalue weighted by Gasteiger charge is -2.23. The predicted octanol–water partition coefficient (Wildman–Crippen LogP) is 5.95. The predicted molar refractivity (Wildman–Crippen MR) is 151 cm³/mol. The molecule has 3 aromatic rings. The molecule has 37 heavy (non-hydrogen) atoms. The number of nitrogens with zero attached hydrogens (tertiary/aromatic N) is 1. The van der Waals surface area contributed by atoms with Gasteiger partial charge < -0.3 is 9.47 Å². The van der Waals surface area contributed by atoms with Crippen LogP contribution in [0.3, 0.4) is 0 Å². The van der Waals surface area contributed by atoms with E-state index < -0.39 is 10.0 Å². The molecule has 0 aliphatic carbocycles. The van der Waals surface area contributed by atoms with Gasteiger partial charge in [-0.2, -0.15) is 4.31 Å². The Balaban J connectivity index is 1.70. The molecule has 0 bridgehead atoms. The Labute approximate surface area is 228 Å². The van der Waals surface area contributed by atoms with Crippen LogP contribution in [0.1, 0.15) is 41.9 Å². The van der Waals surface area contributed by atoms with E-state index in [4.69, 9.17) is 9.47 Å². The fraction of sp³-hybridized carbons (Fsp3) is 0.345. The van der Waals surface area contributed by atoms with Gasteiger partial charge in [-0.1, -0.05) is 76.9 Å². The van der Waals surface area contributed by atoms with Crippen molar-refractivity contribution < 1.29 is 22.7 Å². The lowest BCUT2D eigenvalue weighted by Crippen LogP contribution is -2.32. The maximum absolute atomic E-state index is 13.5. The van der Waals surface area contributed by atoms with Crippen molar-refractivity contribution in [2.24, 2.45) is 0 Å². The average Bonchev–Trinajstić information content (AvgIpc) is 2.93. The molecule has 0 radical (unpaired) electrons. The van der Waals surface area contributed by atoms with Gasteiger partial charge in [0.15, 0.2) is 5.78 Å². The lowest BCUT2D eigenvalue weighted by atomic mass is 9.90. The van der Waals surface area contributed by atoms with Crippen LogP contribution < -0.4 is 9.47 Å². The number of halogens is 1. The van der Waals surface area contributed by atoms with Crippen LogP contribution in [-0.2, 0) is 27.9 Å². The SMILES string of the molecule is COc1ccc(CN(Cc2ccc(OC)cc2)S(=O)(=O)CCCCC(C(=O)CBr)c2ccccc2)cc1. The van der Waals surface area contributed by atoms with Gasteiger partial charge in [0.25, 0.3) is 0 Å². The van der Waals surface area contributed by atoms with E-state index in [9.17, 15) is 13.2 Å². The van der Waals surface area contributed by atoms with Gasteiger partial charge >= 0.3 is 0 Å². The molecule has 3 rings (SSSR count). The molecule has 0 saturated carbocycles. The van der Waals surface area contributed by atoms with Gasteiger partial charge in [-0.3, -0.25) is 4.79 Å². The highest BCUT2D eigenvalue weighted by atomic mass is 79.9. The number of Topliss-reactive ketones (excluding diaryl/α,β-unsaturated/α-hetero) is 1. The summed E-state index contributed by atoms with van der Waals surface area (Å²) < 4.78 is 39.0. The molecule has 0 spiro atoms. The van der Waals surface area contributed by atoms with E-state index in [2.05, 4.69) is 15.9 Å². The van der Waals surface area contributed by atoms with Crippen LogP contribution >= 0.6 is 15.9 Å². The molecular weight excluding hydrogens is 554 g/mol. The Morgan fingerprint density at radius 1 is 0.811 bits per heavy atom. The van der Waals surface area contributed by atoms with Gasteiger partial charge in [0.05, 0.1) is 25.3 Å². The van der Waals surface area contributed by atoms with Crippen molar-refractivity contribution >= 4 is 31.7 Å². The van der Waals surface area contributed by atoms with Crippen molar-refractivity contribution in [1.82, 2.24) is 4.31 Å². The first-order chi connectivity index (χ1) is 17.9. The number of unbranched alkanes of at least 4 members (excludes halogenated alkanes) is 1. The van der Waals surface area contributed by atoms with Crippen LogP contribution in [0.15, 0.2) is 78.9 Å². The molecule has 1 atom stereocenters. The molecule has 0 heterocycles. The third-order valence-corrected chi connectivity index (χ3v) is 8.70. The normalized spacial score (nSPS) is 12.3. The summed E-state index contributed by atoms with van der Waals surface area (Å²) in [6.07, 6.45) is 1.72. The van der Waals surface area contributed by atoms with Crippen molar-refractivity contribution in [3.05, 3.63) is 95.6 Å². The minimum Gasteiger partial charge on any atom is -0.497 e. The monoisotopic (exact) mass is 587 g/mol. The number of carbonyl (C=O) groups is 1. The summed E-state index contributed by atoms with van der Waals surface area (Å²) in [6.45, 7) is 0.514. The van der Waals surface area contributed by atoms with Crippen LogP contribution in [0.25, 0.3) is 0 Å². The molecule has 0 fully saturated rings. The van der Waals surface area contributed by atoms with Crippen LogP contribution in [-0.4, -0.2) is 43.8 Å². The number of sulfonamides is 1. The van der Waals surface area contributed by atoms with Crippen molar-refractivity contribution in [2.75, 3.05) is 25.3 Å². The van der Waals surface area contributed by atoms with E-state index in [1.165, 1.54) is 4.31 Å². The Hall–Kier alpha value is -2.68. The molecule has 0 saturated heterocycles. The minimum absolute atomic E-state index is 0.0172. The molecule has 0 aliphatic heterocycles. The Bertz CT molecular complexity index is 1170. The molecule has 8 heteroatoms. The fourth-order valence-electron chi connectivity index (χ4n) is 4.18. The van der Waals surface area contributed by atoms with Crippen LogP contribution in [0, 0.1) is 0 Å². The standard InChI is InChI=1S/C29H34BrNO5S/c1-35-26-15-11-23(12-16-26)21-31(22-24-13-17-27(36-2)18-14-24)37(33,34)19-7-6-10-28(29(32)20-30)25-8-4-3-5-9-25/h3-5,8-9,11-18,28H,6-7,10,19-22H2,1-2H3. The molecule has 1 unspecified atom stereocenters. The highest BCUT2D eigenvalue weighted by Crippen LogP contribution is 2.25. The zero-order chi connectivity index (χ0) is 26.7. The van der Waals surface area contributed by atoms with E-state index in [0.717, 1.165) is 28.2 Å². The molecule has 198 valence electrons. The summed E-state index contributed by atoms with van der Waals surface area (Å²) in [6, 6.07) is 24.5. The van der Waals surface area contributed by atoms with Crippen LogP contribution in [0.2, 0.25) is 0 Å². The van der Waals surface area contributed by atoms with Crippen molar-refractivity contribution in [3.63, 3.8) is 0 Å². The second-order valence-corrected chi connectivity index (χ2v) is 11.5. The molecule has 3 aromatic carbocycles. The topological polar surface area (TPSA) is 72.9 Å². The first kappa shape index (κ1) is 28.9. The van der Waals surface area contributed by atoms with Crippen molar-refractivity contribution in [3.8, 4) is 11.5 Å². The summed E-state index contributed by atoms with van der Waals surface area (Å²) in [7, 11) is -0.361. The van der Waals surface area contributed by atoms with E-state index in [0.29, 0.717) is 19.3 Å². The third kappa shape index (κ3) is 8.69. The first-order valence-corrected chi connectivity index (χ1v) is 15.0. The van der Waals surface area contributed by atoms with E-state index in [1.807, 2.05) is 78.9 Å². The van der Waals surface area contributed by atoms with Crippen molar-refractivity contribution in [2.45, 2.75) is 38.3 Å². The van der Waals surface area contributed by atoms with Gasteiger partial charge in [0.2, 0.25) is 10.0 Å². The average molecular weight is 589 g/mol. The maximum Gasteiger partial charge on any atom is 0.214 e. The highest BCUT2D eigenvalue weighted by molar-refractivity contribution is 9.09. The summed E-state index contributed by atoms with van der Waals surface area (Å²) in [4.78, 5) is 12.5. The second-order valence-electron chi connectivity index (χ2n) is 8.84. The summed E-state index contributed by atoms with van der Waals surface area (Å²) in [5.41, 5.74) is 2.73. The quantitative estimate of drug-likeness (QED) is 0.162. The second kappa shape index (κ2) is 14.3. The number of rotatable bonds is 15. The number of benzene rings is 3. The van der Waals surface area contributed by atoms with Gasteiger partial charge in [0, 0.05) is 19.0 Å². The van der Waals surface area contributed by atoms with Gasteiger partial charge in [-0.25, -0.2) is 8.42 Å². The lowest BCUT2D eigenvalue weighted by molar-refractivity contribution is -0.118. The fourth-order valence-corrected chi connectivity index (χ4v) is 6.09. The third-order valence-electron chi connectivity index (χ3n) is 6.30. The van der Waals surface area contributed by atoms with E-state index >= 15 is 0 Å². The summed E-state index contributed by atoms with van der Waals surface area (Å²) in [5.74, 6) is 1.33. The minimum atomic E-state index is -3.56. The summed E-state index contributed by atoms with van der Waals surface area (Å²) in [5, 5.41) is 0.280. The van der Waals surface area contributed by atoms with Gasteiger partial charge in [-0.05, 0) is 53.8 Å². The largest absolute Gasteiger partial charge is 0.497 e. The number of hydrogen-bond acceptors (Lipinski definition) is 5. The highest BCUT2D eigenvalue weighted by Gasteiger charge is 2.24. The molecular formula is C29H34BrNO5S. The van der Waals surface area contributed by atoms with Gasteiger partial charge in [0.1, 0.15) is 11.5 Å². The molecule has 6 nitrogen and oxygen atoms in total. The smallest absolute Gasteiger partial charge is 0.214 e. The number of ether oxygens (including phenoxy) is 2. The molecule has 0 N–H and O–H groups in total.